The molecule has 2 N–H and O–H groups in total. The van der Waals surface area contributed by atoms with Gasteiger partial charge in [-0.05, 0) is 19.1 Å². The Labute approximate surface area is 226 Å². The number of alkyl halides is 1. The Morgan fingerprint density at radius 2 is 1.95 bits per heavy atom. The quantitative estimate of drug-likeness (QED) is 0.298. The Bertz CT molecular complexity index is 1320. The molecule has 2 fully saturated rings. The van der Waals surface area contributed by atoms with E-state index >= 15 is 0 Å². The third-order valence-corrected chi connectivity index (χ3v) is 6.85. The minimum atomic E-state index is -0.720. The third-order valence-electron chi connectivity index (χ3n) is 6.85. The Morgan fingerprint density at radius 1 is 1.21 bits per heavy atom. The van der Waals surface area contributed by atoms with Crippen molar-refractivity contribution in [3.8, 4) is 5.75 Å². The van der Waals surface area contributed by atoms with E-state index in [1.807, 2.05) is 29.9 Å². The summed E-state index contributed by atoms with van der Waals surface area (Å²) in [5, 5.41) is 4.56. The van der Waals surface area contributed by atoms with Gasteiger partial charge in [-0.15, -0.1) is 0 Å². The first-order chi connectivity index (χ1) is 18.9. The van der Waals surface area contributed by atoms with Crippen LogP contribution >= 0.6 is 0 Å². The number of rotatable bonds is 10. The molecule has 206 valence electrons. The zero-order valence-electron chi connectivity index (χ0n) is 22.2. The highest BCUT2D eigenvalue weighted by Gasteiger charge is 2.26. The predicted molar refractivity (Wildman–Crippen MR) is 145 cm³/mol. The molecule has 0 unspecified atom stereocenters. The first-order valence-electron chi connectivity index (χ1n) is 12.9. The van der Waals surface area contributed by atoms with E-state index in [4.69, 9.17) is 9.47 Å². The van der Waals surface area contributed by atoms with Gasteiger partial charge in [-0.1, -0.05) is 6.58 Å². The second-order valence-corrected chi connectivity index (χ2v) is 9.68. The lowest BCUT2D eigenvalue weighted by Crippen LogP contribution is -2.47. The van der Waals surface area contributed by atoms with Crippen LogP contribution in [0.4, 0.5) is 16.0 Å². The molecule has 2 aliphatic heterocycles. The van der Waals surface area contributed by atoms with Crippen molar-refractivity contribution in [2.45, 2.75) is 26.2 Å². The van der Waals surface area contributed by atoms with E-state index in [1.165, 1.54) is 0 Å². The van der Waals surface area contributed by atoms with Gasteiger partial charge in [-0.2, -0.15) is 5.10 Å². The molecule has 1 amide bonds. The van der Waals surface area contributed by atoms with Crippen molar-refractivity contribution >= 4 is 23.1 Å². The van der Waals surface area contributed by atoms with Crippen LogP contribution in [0.25, 0.3) is 5.57 Å². The van der Waals surface area contributed by atoms with Gasteiger partial charge in [0.05, 0.1) is 32.6 Å². The molecule has 5 rings (SSSR count). The summed E-state index contributed by atoms with van der Waals surface area (Å²) in [5.74, 6) is 0.551. The molecule has 39 heavy (non-hydrogen) atoms. The summed E-state index contributed by atoms with van der Waals surface area (Å²) in [5.41, 5.74) is 10.1. The summed E-state index contributed by atoms with van der Waals surface area (Å²) in [6.45, 7) is 10.8. The maximum Gasteiger partial charge on any atom is 0.269 e. The van der Waals surface area contributed by atoms with Gasteiger partial charge < -0.3 is 14.4 Å². The summed E-state index contributed by atoms with van der Waals surface area (Å²) >= 11 is 0. The van der Waals surface area contributed by atoms with Crippen molar-refractivity contribution in [2.75, 3.05) is 56.8 Å². The fourth-order valence-corrected chi connectivity index (χ4v) is 4.63. The summed E-state index contributed by atoms with van der Waals surface area (Å²) in [4.78, 5) is 25.8. The lowest BCUT2D eigenvalue weighted by Gasteiger charge is -2.33. The Hall–Kier alpha value is -4.03. The molecule has 0 aliphatic carbocycles. The highest BCUT2D eigenvalue weighted by atomic mass is 19.1. The molecular formula is C27H33FN8O3. The van der Waals surface area contributed by atoms with E-state index < -0.39 is 12.1 Å². The number of ether oxygens (including phenoxy) is 2. The maximum atomic E-state index is 13.1. The van der Waals surface area contributed by atoms with Crippen LogP contribution in [0.5, 0.6) is 5.75 Å². The number of carbonyl (C=O) groups excluding carboxylic acids is 1. The van der Waals surface area contributed by atoms with E-state index in [2.05, 4.69) is 42.3 Å². The van der Waals surface area contributed by atoms with Crippen LogP contribution in [-0.2, 0) is 22.6 Å². The normalized spacial score (nSPS) is 16.0. The number of carbonyl (C=O) groups is 1. The van der Waals surface area contributed by atoms with Crippen molar-refractivity contribution in [3.05, 3.63) is 65.8 Å². The second kappa shape index (κ2) is 11.8. The van der Waals surface area contributed by atoms with Crippen LogP contribution in [0.15, 0.2) is 43.4 Å². The minimum Gasteiger partial charge on any atom is -0.497 e. The molecule has 12 heteroatoms. The largest absolute Gasteiger partial charge is 0.497 e. The molecule has 0 radical (unpaired) electrons. The van der Waals surface area contributed by atoms with Crippen molar-refractivity contribution in [1.82, 2.24) is 30.1 Å². The van der Waals surface area contributed by atoms with E-state index in [9.17, 15) is 9.18 Å². The van der Waals surface area contributed by atoms with E-state index in [-0.39, 0.29) is 5.95 Å². The number of nitrogens with zero attached hydrogens (tertiary/aromatic N) is 6. The van der Waals surface area contributed by atoms with Gasteiger partial charge in [-0.3, -0.25) is 25.2 Å². The molecule has 1 aromatic carbocycles. The zero-order valence-corrected chi connectivity index (χ0v) is 22.2. The number of halogens is 1. The number of hydrogen-bond donors (Lipinski definition) is 2. The number of nitrogens with one attached hydrogen (secondary N) is 2. The number of anilines is 2. The Balaban J connectivity index is 1.17. The van der Waals surface area contributed by atoms with Crippen LogP contribution in [-0.4, -0.2) is 83.2 Å². The van der Waals surface area contributed by atoms with Gasteiger partial charge in [0.2, 0.25) is 5.95 Å². The van der Waals surface area contributed by atoms with Gasteiger partial charge >= 0.3 is 0 Å². The molecule has 0 bridgehead atoms. The molecular weight excluding hydrogens is 503 g/mol. The fourth-order valence-electron chi connectivity index (χ4n) is 4.63. The molecule has 2 aliphatic rings. The van der Waals surface area contributed by atoms with Crippen LogP contribution in [0, 0.1) is 6.92 Å². The number of hydrazine groups is 1. The van der Waals surface area contributed by atoms with Gasteiger partial charge in [0.25, 0.3) is 5.91 Å². The number of aryl methyl sites for hydroxylation is 1. The summed E-state index contributed by atoms with van der Waals surface area (Å²) in [7, 11) is 1.61. The number of likely N-dealkylation sites (tertiary alicyclic amines) is 1. The van der Waals surface area contributed by atoms with Crippen LogP contribution < -0.4 is 20.5 Å². The molecule has 2 saturated heterocycles. The van der Waals surface area contributed by atoms with Gasteiger partial charge in [0.15, 0.2) is 0 Å². The average molecular weight is 537 g/mol. The fraction of sp³-hybridized carbons (Fsp3) is 0.407. The number of amides is 1. The molecule has 0 saturated carbocycles. The lowest BCUT2D eigenvalue weighted by molar-refractivity contribution is -0.115. The van der Waals surface area contributed by atoms with Crippen LogP contribution in [0.2, 0.25) is 0 Å². The molecule has 4 heterocycles. The number of morpholine rings is 1. The molecule has 0 spiro atoms. The van der Waals surface area contributed by atoms with Crippen molar-refractivity contribution in [3.63, 3.8) is 0 Å². The summed E-state index contributed by atoms with van der Waals surface area (Å²) < 4.78 is 25.8. The van der Waals surface area contributed by atoms with Gasteiger partial charge in [-0.25, -0.2) is 14.4 Å². The Kier molecular flexibility index (Phi) is 8.03. The van der Waals surface area contributed by atoms with E-state index in [0.29, 0.717) is 69.4 Å². The van der Waals surface area contributed by atoms with Crippen molar-refractivity contribution in [2.24, 2.45) is 0 Å². The maximum absolute atomic E-state index is 13.1. The van der Waals surface area contributed by atoms with Gasteiger partial charge in [0.1, 0.15) is 11.9 Å². The second-order valence-electron chi connectivity index (χ2n) is 9.68. The standard InChI is InChI=1S/C27H33FN8O3/c1-18(24-5-4-23(38-3)10-25(24)35-6-8-39-9-7-35)26(37)31-32-27-29-11-20(12-30-27)13-36-15-21(19(2)33-36)14-34-16-22(28)17-34/h4-5,10-12,15,22H,1,6-9,13-14,16-17H2,2-3H3,(H,31,37)(H,29,30,32). The number of methoxy groups -OCH3 is 1. The first-order valence-corrected chi connectivity index (χ1v) is 12.9. The molecule has 11 nitrogen and oxygen atoms in total. The zero-order chi connectivity index (χ0) is 27.4. The Morgan fingerprint density at radius 3 is 2.64 bits per heavy atom. The molecule has 0 atom stereocenters. The smallest absolute Gasteiger partial charge is 0.269 e. The molecule has 3 aromatic rings. The summed E-state index contributed by atoms with van der Waals surface area (Å²) in [6, 6.07) is 5.55. The number of aromatic nitrogens is 4. The van der Waals surface area contributed by atoms with Crippen molar-refractivity contribution < 1.29 is 18.7 Å². The highest BCUT2D eigenvalue weighted by molar-refractivity contribution is 6.20. The predicted octanol–water partition coefficient (Wildman–Crippen LogP) is 2.19. The first kappa shape index (κ1) is 26.6. The van der Waals surface area contributed by atoms with Crippen LogP contribution in [0.3, 0.4) is 0 Å². The summed E-state index contributed by atoms with van der Waals surface area (Å²) in [6.07, 6.45) is 4.61. The van der Waals surface area contributed by atoms with Gasteiger partial charge in [0, 0.05) is 85.3 Å². The van der Waals surface area contributed by atoms with E-state index in [1.54, 1.807) is 25.6 Å². The molecule has 2 aromatic heterocycles. The average Bonchev–Trinajstić information content (AvgIpc) is 3.29. The number of hydrogen-bond acceptors (Lipinski definition) is 9. The highest BCUT2D eigenvalue weighted by Crippen LogP contribution is 2.31. The van der Waals surface area contributed by atoms with E-state index in [0.717, 1.165) is 22.5 Å². The topological polar surface area (TPSA) is 110 Å². The third kappa shape index (κ3) is 6.35. The lowest BCUT2D eigenvalue weighted by atomic mass is 10.0. The van der Waals surface area contributed by atoms with Crippen molar-refractivity contribution in [1.29, 1.82) is 0 Å². The number of benzene rings is 1. The SMILES string of the molecule is C=C(C(=O)NNc1ncc(Cn2cc(CN3CC(F)C3)c(C)n2)cn1)c1ccc(OC)cc1N1CCOCC1. The minimum absolute atomic E-state index is 0.249. The monoisotopic (exact) mass is 536 g/mol. The van der Waals surface area contributed by atoms with Crippen LogP contribution in [0.1, 0.15) is 22.4 Å².